The maximum atomic E-state index is 4.70. The zero-order chi connectivity index (χ0) is 16.5. The van der Waals surface area contributed by atoms with Crippen LogP contribution in [0, 0.1) is 13.8 Å². The Kier molecular flexibility index (Phi) is 5.06. The summed E-state index contributed by atoms with van der Waals surface area (Å²) in [5.41, 5.74) is 2.94. The van der Waals surface area contributed by atoms with E-state index in [1.54, 1.807) is 20.9 Å². The number of aromatic nitrogens is 5. The molecule has 0 saturated carbocycles. The number of hydrogen-bond donors (Lipinski definition) is 0. The molecule has 0 atom stereocenters. The van der Waals surface area contributed by atoms with Crippen LogP contribution in [0.3, 0.4) is 0 Å². The van der Waals surface area contributed by atoms with Crippen molar-refractivity contribution in [1.29, 1.82) is 0 Å². The number of thiazole rings is 1. The minimum absolute atomic E-state index is 0. The molecule has 25 heavy (non-hydrogen) atoms. The number of aryl methyl sites for hydroxylation is 2. The molecule has 0 amide bonds. The standard InChI is InChI=1S/C18H16N5S.BrH/c1-13-14(2)24-18(19-13)23-21-17(15-9-5-3-6-10-15)20-22(23)16-11-7-4-8-12-16;/h3-12H,1-2H3;1H/q+1;. The molecule has 2 aromatic heterocycles. The fourth-order valence-electron chi connectivity index (χ4n) is 2.38. The van der Waals surface area contributed by atoms with Crippen molar-refractivity contribution in [2.45, 2.75) is 13.8 Å². The summed E-state index contributed by atoms with van der Waals surface area (Å²) in [5.74, 6) is 0.671. The predicted molar refractivity (Wildman–Crippen MR) is 104 cm³/mol. The third-order valence-electron chi connectivity index (χ3n) is 3.77. The second kappa shape index (κ2) is 7.25. The Morgan fingerprint density at radius 2 is 1.56 bits per heavy atom. The molecule has 2 aromatic carbocycles. The Labute approximate surface area is 160 Å². The fraction of sp³-hybridized carbons (Fsp3) is 0.111. The number of benzene rings is 2. The van der Waals surface area contributed by atoms with Gasteiger partial charge in [0.1, 0.15) is 11.4 Å². The summed E-state index contributed by atoms with van der Waals surface area (Å²) >= 11 is 1.61. The molecule has 0 aliphatic carbocycles. The molecular weight excluding hydrogens is 398 g/mol. The molecule has 0 spiro atoms. The summed E-state index contributed by atoms with van der Waals surface area (Å²) in [6.45, 7) is 4.08. The molecule has 0 aliphatic heterocycles. The summed E-state index contributed by atoms with van der Waals surface area (Å²) in [6, 6.07) is 20.0. The van der Waals surface area contributed by atoms with Gasteiger partial charge in [-0.15, -0.1) is 17.0 Å². The Bertz CT molecular complexity index is 960. The van der Waals surface area contributed by atoms with Crippen LogP contribution in [0.25, 0.3) is 22.2 Å². The van der Waals surface area contributed by atoms with Gasteiger partial charge in [-0.3, -0.25) is 0 Å². The van der Waals surface area contributed by atoms with Crippen LogP contribution in [-0.2, 0) is 0 Å². The largest absolute Gasteiger partial charge is 0.364 e. The quantitative estimate of drug-likeness (QED) is 0.478. The van der Waals surface area contributed by atoms with Crippen molar-refractivity contribution in [3.63, 3.8) is 0 Å². The van der Waals surface area contributed by atoms with Crippen molar-refractivity contribution in [2.24, 2.45) is 0 Å². The summed E-state index contributed by atoms with van der Waals surface area (Å²) in [4.78, 5) is 9.37. The summed E-state index contributed by atoms with van der Waals surface area (Å²) < 4.78 is 0. The van der Waals surface area contributed by atoms with Crippen LogP contribution >= 0.6 is 28.3 Å². The van der Waals surface area contributed by atoms with E-state index >= 15 is 0 Å². The van der Waals surface area contributed by atoms with E-state index in [1.807, 2.05) is 67.6 Å². The van der Waals surface area contributed by atoms with Crippen LogP contribution in [0.5, 0.6) is 0 Å². The number of para-hydroxylation sites is 1. The first-order valence-electron chi connectivity index (χ1n) is 7.67. The van der Waals surface area contributed by atoms with E-state index in [2.05, 4.69) is 11.9 Å². The van der Waals surface area contributed by atoms with Crippen molar-refractivity contribution >= 4 is 28.3 Å². The van der Waals surface area contributed by atoms with Gasteiger partial charge in [0, 0.05) is 15.5 Å². The lowest BCUT2D eigenvalue weighted by Crippen LogP contribution is -2.43. The highest BCUT2D eigenvalue weighted by molar-refractivity contribution is 8.93. The van der Waals surface area contributed by atoms with Gasteiger partial charge in [-0.1, -0.05) is 52.7 Å². The third-order valence-corrected chi connectivity index (χ3v) is 4.80. The minimum atomic E-state index is 0. The first-order chi connectivity index (χ1) is 11.7. The molecule has 4 aromatic rings. The zero-order valence-electron chi connectivity index (χ0n) is 13.8. The lowest BCUT2D eigenvalue weighted by molar-refractivity contribution is -0.734. The van der Waals surface area contributed by atoms with Gasteiger partial charge in [-0.2, -0.15) is 0 Å². The van der Waals surface area contributed by atoms with Crippen molar-refractivity contribution in [1.82, 2.24) is 20.0 Å². The van der Waals surface area contributed by atoms with E-state index in [9.17, 15) is 0 Å². The molecule has 0 aliphatic rings. The SMILES string of the molecule is Br.Cc1nc(-[n+]2nc(-c3ccccc3)nn2-c2ccccc2)sc1C. The van der Waals surface area contributed by atoms with Gasteiger partial charge >= 0.3 is 5.13 Å². The van der Waals surface area contributed by atoms with E-state index in [1.165, 1.54) is 4.88 Å². The normalized spacial score (nSPS) is 10.5. The van der Waals surface area contributed by atoms with Crippen molar-refractivity contribution in [3.8, 4) is 22.2 Å². The molecule has 2 heterocycles. The van der Waals surface area contributed by atoms with Gasteiger partial charge in [0.2, 0.25) is 0 Å². The van der Waals surface area contributed by atoms with Gasteiger partial charge in [0.05, 0.1) is 0 Å². The molecular formula is C18H17BrN5S+. The topological polar surface area (TPSA) is 47.5 Å². The smallest absolute Gasteiger partial charge is 0.114 e. The van der Waals surface area contributed by atoms with Crippen molar-refractivity contribution < 1.29 is 4.80 Å². The van der Waals surface area contributed by atoms with Crippen molar-refractivity contribution in [3.05, 3.63) is 71.2 Å². The predicted octanol–water partition coefficient (Wildman–Crippen LogP) is 3.86. The molecule has 7 heteroatoms. The monoisotopic (exact) mass is 414 g/mol. The number of hydrogen-bond acceptors (Lipinski definition) is 4. The van der Waals surface area contributed by atoms with Crippen LogP contribution in [0.1, 0.15) is 10.6 Å². The van der Waals surface area contributed by atoms with E-state index in [4.69, 9.17) is 10.2 Å². The highest BCUT2D eigenvalue weighted by Gasteiger charge is 2.24. The molecule has 0 radical (unpaired) electrons. The fourth-order valence-corrected chi connectivity index (χ4v) is 3.23. The minimum Gasteiger partial charge on any atom is -0.114 e. The van der Waals surface area contributed by atoms with Gasteiger partial charge in [-0.05, 0) is 52.8 Å². The van der Waals surface area contributed by atoms with E-state index in [-0.39, 0.29) is 17.0 Å². The Balaban J connectivity index is 0.00000182. The molecule has 4 rings (SSSR count). The van der Waals surface area contributed by atoms with E-state index in [0.29, 0.717) is 5.82 Å². The Hall–Kier alpha value is -2.38. The third kappa shape index (κ3) is 3.38. The maximum absolute atomic E-state index is 4.70. The van der Waals surface area contributed by atoms with E-state index in [0.717, 1.165) is 22.1 Å². The molecule has 126 valence electrons. The molecule has 0 bridgehead atoms. The second-order valence-electron chi connectivity index (χ2n) is 5.44. The molecule has 5 nitrogen and oxygen atoms in total. The molecule has 0 N–H and O–H groups in total. The summed E-state index contributed by atoms with van der Waals surface area (Å²) in [5, 5.41) is 10.2. The Morgan fingerprint density at radius 1 is 0.920 bits per heavy atom. The Morgan fingerprint density at radius 3 is 2.16 bits per heavy atom. The number of nitrogens with zero attached hydrogens (tertiary/aromatic N) is 5. The van der Waals surface area contributed by atoms with Crippen LogP contribution in [0.15, 0.2) is 60.7 Å². The lowest BCUT2D eigenvalue weighted by Gasteiger charge is -1.97. The molecule has 0 fully saturated rings. The average Bonchev–Trinajstić information content (AvgIpc) is 3.21. The number of halogens is 1. The number of tetrazole rings is 1. The molecule has 0 saturated heterocycles. The zero-order valence-corrected chi connectivity index (χ0v) is 16.4. The second-order valence-corrected chi connectivity index (χ2v) is 6.62. The van der Waals surface area contributed by atoms with Crippen LogP contribution < -0.4 is 4.80 Å². The summed E-state index contributed by atoms with van der Waals surface area (Å²) in [7, 11) is 0. The van der Waals surface area contributed by atoms with Gasteiger partial charge < -0.3 is 0 Å². The van der Waals surface area contributed by atoms with Crippen molar-refractivity contribution in [2.75, 3.05) is 0 Å². The van der Waals surface area contributed by atoms with Crippen LogP contribution in [-0.4, -0.2) is 20.0 Å². The lowest BCUT2D eigenvalue weighted by atomic mass is 10.2. The maximum Gasteiger partial charge on any atom is 0.364 e. The summed E-state index contributed by atoms with van der Waals surface area (Å²) in [6.07, 6.45) is 0. The highest BCUT2D eigenvalue weighted by Crippen LogP contribution is 2.18. The first kappa shape index (κ1) is 17.4. The van der Waals surface area contributed by atoms with Crippen LogP contribution in [0.2, 0.25) is 0 Å². The van der Waals surface area contributed by atoms with Gasteiger partial charge in [0.15, 0.2) is 0 Å². The van der Waals surface area contributed by atoms with Crippen LogP contribution in [0.4, 0.5) is 0 Å². The highest BCUT2D eigenvalue weighted by atomic mass is 79.9. The van der Waals surface area contributed by atoms with E-state index < -0.39 is 0 Å². The molecule has 0 unspecified atom stereocenters. The average molecular weight is 415 g/mol. The first-order valence-corrected chi connectivity index (χ1v) is 8.49. The van der Waals surface area contributed by atoms with Gasteiger partial charge in [-0.25, -0.2) is 0 Å². The van der Waals surface area contributed by atoms with Gasteiger partial charge in [0.25, 0.3) is 5.82 Å². The number of rotatable bonds is 3.